The molecule has 31 heavy (non-hydrogen) atoms. The van der Waals surface area contributed by atoms with E-state index < -0.39 is 0 Å². The summed E-state index contributed by atoms with van der Waals surface area (Å²) in [7, 11) is 0. The van der Waals surface area contributed by atoms with Crippen LogP contribution in [-0.2, 0) is 11.2 Å². The van der Waals surface area contributed by atoms with Crippen LogP contribution in [0.25, 0.3) is 16.5 Å². The van der Waals surface area contributed by atoms with Gasteiger partial charge in [0.25, 0.3) is 0 Å². The Bertz CT molecular complexity index is 1290. The van der Waals surface area contributed by atoms with Gasteiger partial charge < -0.3 is 4.57 Å². The summed E-state index contributed by atoms with van der Waals surface area (Å²) in [6.07, 6.45) is 2.04. The highest BCUT2D eigenvalue weighted by atomic mass is 16.2. The number of hydrogen-bond acceptors (Lipinski definition) is 2. The van der Waals surface area contributed by atoms with Crippen molar-refractivity contribution in [2.75, 3.05) is 0 Å². The number of nitrogens with zero attached hydrogens (tertiary/aromatic N) is 2. The third-order valence-corrected chi connectivity index (χ3v) is 5.72. The van der Waals surface area contributed by atoms with E-state index in [-0.39, 0.29) is 5.91 Å². The minimum absolute atomic E-state index is 0.119. The number of benzene rings is 3. The van der Waals surface area contributed by atoms with Gasteiger partial charge in [0.15, 0.2) is 0 Å². The second-order valence-electron chi connectivity index (χ2n) is 8.06. The first-order valence-electron chi connectivity index (χ1n) is 10.5. The molecule has 1 aromatic heterocycles. The van der Waals surface area contributed by atoms with Gasteiger partial charge in [-0.1, -0.05) is 60.2 Å². The molecule has 1 amide bonds. The number of aromatic nitrogens is 1. The van der Waals surface area contributed by atoms with Crippen LogP contribution in [0.5, 0.6) is 0 Å². The highest BCUT2D eigenvalue weighted by molar-refractivity contribution is 5.91. The van der Waals surface area contributed by atoms with E-state index in [1.165, 1.54) is 16.3 Å². The van der Waals surface area contributed by atoms with Crippen LogP contribution in [0, 0.1) is 27.7 Å². The van der Waals surface area contributed by atoms with Crippen molar-refractivity contribution >= 4 is 22.9 Å². The van der Waals surface area contributed by atoms with Crippen molar-refractivity contribution in [3.63, 3.8) is 0 Å². The van der Waals surface area contributed by atoms with Crippen molar-refractivity contribution in [3.8, 4) is 5.69 Å². The molecule has 0 unspecified atom stereocenters. The Morgan fingerprint density at radius 1 is 0.968 bits per heavy atom. The zero-order valence-corrected chi connectivity index (χ0v) is 18.4. The van der Waals surface area contributed by atoms with E-state index in [0.717, 1.165) is 33.8 Å². The highest BCUT2D eigenvalue weighted by Crippen LogP contribution is 2.26. The first-order valence-corrected chi connectivity index (χ1v) is 10.5. The van der Waals surface area contributed by atoms with Crippen molar-refractivity contribution in [2.45, 2.75) is 34.1 Å². The molecule has 0 fully saturated rings. The van der Waals surface area contributed by atoms with Crippen LogP contribution in [0.1, 0.15) is 33.6 Å². The predicted molar refractivity (Wildman–Crippen MR) is 128 cm³/mol. The molecule has 4 rings (SSSR count). The molecule has 156 valence electrons. The number of amides is 1. The van der Waals surface area contributed by atoms with Gasteiger partial charge in [-0.25, -0.2) is 5.43 Å². The van der Waals surface area contributed by atoms with Gasteiger partial charge in [-0.3, -0.25) is 4.79 Å². The largest absolute Gasteiger partial charge is 0.317 e. The fourth-order valence-electron chi connectivity index (χ4n) is 4.12. The molecule has 0 radical (unpaired) electrons. The quantitative estimate of drug-likeness (QED) is 0.341. The standard InChI is InChI=1S/C27H27N3O/c1-18-12-13-23(19(2)14-18)16-27(31)29-28-17-24-15-20(3)30(21(24)4)26-11-7-9-22-8-5-6-10-25(22)26/h5-15,17H,16H2,1-4H3,(H,29,31)/b28-17+. The molecule has 0 aliphatic carbocycles. The average molecular weight is 410 g/mol. The molecule has 1 heterocycles. The molecule has 0 atom stereocenters. The van der Waals surface area contributed by atoms with Gasteiger partial charge in [0.05, 0.1) is 18.3 Å². The minimum atomic E-state index is -0.119. The van der Waals surface area contributed by atoms with Crippen LogP contribution in [0.4, 0.5) is 0 Å². The topological polar surface area (TPSA) is 46.4 Å². The number of fused-ring (bicyclic) bond motifs is 1. The lowest BCUT2D eigenvalue weighted by Crippen LogP contribution is -2.20. The molecule has 4 heteroatoms. The molecule has 0 spiro atoms. The van der Waals surface area contributed by atoms with E-state index in [0.29, 0.717) is 6.42 Å². The number of carbonyl (C=O) groups excluding carboxylic acids is 1. The summed E-state index contributed by atoms with van der Waals surface area (Å²) in [6, 6.07) is 22.9. The maximum Gasteiger partial charge on any atom is 0.244 e. The first-order chi connectivity index (χ1) is 14.9. The van der Waals surface area contributed by atoms with Crippen molar-refractivity contribution < 1.29 is 4.79 Å². The van der Waals surface area contributed by atoms with E-state index >= 15 is 0 Å². The Morgan fingerprint density at radius 2 is 1.74 bits per heavy atom. The van der Waals surface area contributed by atoms with Gasteiger partial charge >= 0.3 is 0 Å². The van der Waals surface area contributed by atoms with Crippen molar-refractivity contribution in [2.24, 2.45) is 5.10 Å². The van der Waals surface area contributed by atoms with Crippen LogP contribution in [-0.4, -0.2) is 16.7 Å². The summed E-state index contributed by atoms with van der Waals surface area (Å²) in [6.45, 7) is 8.25. The molecule has 0 aliphatic heterocycles. The van der Waals surface area contributed by atoms with Crippen LogP contribution >= 0.6 is 0 Å². The SMILES string of the molecule is Cc1ccc(CC(=O)N/N=C/c2cc(C)n(-c3cccc4ccccc34)c2C)c(C)c1. The molecule has 4 nitrogen and oxygen atoms in total. The summed E-state index contributed by atoms with van der Waals surface area (Å²) in [5.41, 5.74) is 10.3. The molecule has 0 aliphatic rings. The smallest absolute Gasteiger partial charge is 0.244 e. The van der Waals surface area contributed by atoms with Gasteiger partial charge in [0.1, 0.15) is 0 Å². The lowest BCUT2D eigenvalue weighted by molar-refractivity contribution is -0.120. The van der Waals surface area contributed by atoms with Crippen molar-refractivity contribution in [1.82, 2.24) is 9.99 Å². The van der Waals surface area contributed by atoms with Crippen LogP contribution in [0.2, 0.25) is 0 Å². The fourth-order valence-corrected chi connectivity index (χ4v) is 4.12. The number of aryl methyl sites for hydroxylation is 3. The highest BCUT2D eigenvalue weighted by Gasteiger charge is 2.12. The van der Waals surface area contributed by atoms with Gasteiger partial charge in [0.2, 0.25) is 5.91 Å². The molecule has 4 aromatic rings. The molecule has 0 bridgehead atoms. The van der Waals surface area contributed by atoms with Crippen LogP contribution in [0.3, 0.4) is 0 Å². The fraction of sp³-hybridized carbons (Fsp3) is 0.185. The summed E-state index contributed by atoms with van der Waals surface area (Å²) < 4.78 is 2.24. The summed E-state index contributed by atoms with van der Waals surface area (Å²) in [4.78, 5) is 12.3. The van der Waals surface area contributed by atoms with Crippen molar-refractivity contribution in [1.29, 1.82) is 0 Å². The Morgan fingerprint density at radius 3 is 2.55 bits per heavy atom. The Labute approximate surface area is 183 Å². The van der Waals surface area contributed by atoms with Crippen LogP contribution < -0.4 is 5.43 Å². The third kappa shape index (κ3) is 4.29. The molecule has 0 saturated heterocycles. The van der Waals surface area contributed by atoms with Gasteiger partial charge in [-0.15, -0.1) is 0 Å². The number of carbonyl (C=O) groups is 1. The lowest BCUT2D eigenvalue weighted by Gasteiger charge is -2.13. The summed E-state index contributed by atoms with van der Waals surface area (Å²) in [5.74, 6) is -0.119. The van der Waals surface area contributed by atoms with Gasteiger partial charge in [0, 0.05) is 22.3 Å². The Kier molecular flexibility index (Phi) is 5.72. The summed E-state index contributed by atoms with van der Waals surface area (Å²) >= 11 is 0. The maximum absolute atomic E-state index is 12.3. The summed E-state index contributed by atoms with van der Waals surface area (Å²) in [5, 5.41) is 6.63. The normalized spacial score (nSPS) is 11.4. The van der Waals surface area contributed by atoms with E-state index in [4.69, 9.17) is 0 Å². The van der Waals surface area contributed by atoms with Gasteiger partial charge in [-0.05, 0) is 56.3 Å². The molecule has 3 aromatic carbocycles. The molecular formula is C27H27N3O. The molecular weight excluding hydrogens is 382 g/mol. The van der Waals surface area contributed by atoms with E-state index in [1.54, 1.807) is 6.21 Å². The van der Waals surface area contributed by atoms with Crippen LogP contribution in [0.15, 0.2) is 71.8 Å². The Balaban J connectivity index is 1.53. The molecule has 1 N–H and O–H groups in total. The number of hydrogen-bond donors (Lipinski definition) is 1. The third-order valence-electron chi connectivity index (χ3n) is 5.72. The number of hydrazone groups is 1. The van der Waals surface area contributed by atoms with E-state index in [1.807, 2.05) is 19.1 Å². The van der Waals surface area contributed by atoms with Crippen molar-refractivity contribution in [3.05, 3.63) is 100 Å². The van der Waals surface area contributed by atoms with E-state index in [2.05, 4.69) is 90.5 Å². The Hall–Kier alpha value is -3.66. The monoisotopic (exact) mass is 409 g/mol. The first kappa shape index (κ1) is 20.6. The lowest BCUT2D eigenvalue weighted by atomic mass is 10.0. The van der Waals surface area contributed by atoms with E-state index in [9.17, 15) is 4.79 Å². The number of rotatable bonds is 5. The predicted octanol–water partition coefficient (Wildman–Crippen LogP) is 5.56. The maximum atomic E-state index is 12.3. The second kappa shape index (κ2) is 8.60. The van der Waals surface area contributed by atoms with Gasteiger partial charge in [-0.2, -0.15) is 5.10 Å². The average Bonchev–Trinajstić information content (AvgIpc) is 3.03. The minimum Gasteiger partial charge on any atom is -0.317 e. The zero-order chi connectivity index (χ0) is 22.0. The number of nitrogens with one attached hydrogen (secondary N) is 1. The molecule has 0 saturated carbocycles. The zero-order valence-electron chi connectivity index (χ0n) is 18.4. The second-order valence-corrected chi connectivity index (χ2v) is 8.06.